The molecule has 0 heterocycles. The molecule has 0 aliphatic carbocycles. The zero-order valence-corrected chi connectivity index (χ0v) is 12.4. The van der Waals surface area contributed by atoms with Crippen molar-refractivity contribution in [2.75, 3.05) is 13.2 Å². The van der Waals surface area contributed by atoms with Crippen LogP contribution in [0.1, 0.15) is 40.5 Å². The Bertz CT molecular complexity index is 328. The molecule has 4 nitrogen and oxygen atoms in total. The summed E-state index contributed by atoms with van der Waals surface area (Å²) in [6.45, 7) is 7.53. The second kappa shape index (κ2) is 9.44. The van der Waals surface area contributed by atoms with Crippen LogP contribution in [-0.4, -0.2) is 25.2 Å². The highest BCUT2D eigenvalue weighted by Crippen LogP contribution is 2.13. The minimum atomic E-state index is -1.84. The van der Waals surface area contributed by atoms with E-state index in [4.69, 9.17) is 0 Å². The summed E-state index contributed by atoms with van der Waals surface area (Å²) in [5, 5.41) is 0. The summed E-state index contributed by atoms with van der Waals surface area (Å²) in [6, 6.07) is 0. The van der Waals surface area contributed by atoms with E-state index in [1.165, 1.54) is 0 Å². The number of carbonyl (C=O) groups is 2. The van der Waals surface area contributed by atoms with Gasteiger partial charge in [-0.3, -0.25) is 0 Å². The molecule has 0 atom stereocenters. The molecule has 0 spiro atoms. The first kappa shape index (κ1) is 18.5. The summed E-state index contributed by atoms with van der Waals surface area (Å²) >= 11 is 0. The minimum absolute atomic E-state index is 0.0282. The summed E-state index contributed by atoms with van der Waals surface area (Å²) in [5.41, 5.74) is 0. The van der Waals surface area contributed by atoms with Gasteiger partial charge in [-0.15, -0.1) is 0 Å². The molecule has 0 bridgehead atoms. The zero-order chi connectivity index (χ0) is 15.7. The summed E-state index contributed by atoms with van der Waals surface area (Å²) < 4.78 is 35.6. The van der Waals surface area contributed by atoms with Crippen molar-refractivity contribution in [3.63, 3.8) is 0 Å². The molecule has 116 valence electrons. The molecule has 0 aromatic heterocycles. The Morgan fingerprint density at radius 2 is 1.10 bits per heavy atom. The first-order valence-corrected chi connectivity index (χ1v) is 6.65. The molecule has 0 aliphatic rings. The molecule has 0 aromatic rings. The third-order valence-corrected chi connectivity index (χ3v) is 2.41. The topological polar surface area (TPSA) is 52.6 Å². The van der Waals surface area contributed by atoms with E-state index in [2.05, 4.69) is 9.47 Å². The van der Waals surface area contributed by atoms with Crippen LogP contribution in [0.5, 0.6) is 0 Å². The van der Waals surface area contributed by atoms with Gasteiger partial charge in [0.2, 0.25) is 0 Å². The number of hydrogen-bond donors (Lipinski definition) is 0. The molecular weight excluding hydrogens is 270 g/mol. The van der Waals surface area contributed by atoms with Crippen LogP contribution in [0.3, 0.4) is 0 Å². The van der Waals surface area contributed by atoms with Crippen LogP contribution in [0.25, 0.3) is 0 Å². The van der Waals surface area contributed by atoms with E-state index in [1.807, 2.05) is 27.7 Å². The van der Waals surface area contributed by atoms with Crippen LogP contribution >= 0.6 is 0 Å². The van der Waals surface area contributed by atoms with Crippen molar-refractivity contribution in [2.24, 2.45) is 11.8 Å². The minimum Gasteiger partial charge on any atom is -0.460 e. The molecule has 0 saturated heterocycles. The molecule has 0 unspecified atom stereocenters. The van der Waals surface area contributed by atoms with Crippen molar-refractivity contribution in [2.45, 2.75) is 40.5 Å². The lowest BCUT2D eigenvalue weighted by atomic mass is 10.1. The lowest BCUT2D eigenvalue weighted by Gasteiger charge is -2.07. The van der Waals surface area contributed by atoms with Crippen molar-refractivity contribution >= 4 is 11.9 Å². The number of rotatable bonds is 8. The van der Waals surface area contributed by atoms with Crippen molar-refractivity contribution in [3.05, 3.63) is 11.7 Å². The van der Waals surface area contributed by atoms with Crippen LogP contribution in [0.15, 0.2) is 11.7 Å². The molecule has 6 heteroatoms. The van der Waals surface area contributed by atoms with Crippen molar-refractivity contribution in [1.29, 1.82) is 0 Å². The molecule has 0 radical (unpaired) electrons. The number of halogens is 2. The summed E-state index contributed by atoms with van der Waals surface area (Å²) in [7, 11) is 0. The summed E-state index contributed by atoms with van der Waals surface area (Å²) in [5.74, 6) is -6.12. The molecule has 0 N–H and O–H groups in total. The van der Waals surface area contributed by atoms with E-state index in [-0.39, 0.29) is 25.0 Å². The van der Waals surface area contributed by atoms with E-state index in [9.17, 15) is 18.4 Å². The van der Waals surface area contributed by atoms with E-state index < -0.39 is 23.6 Å². The largest absolute Gasteiger partial charge is 0.460 e. The number of ether oxygens (including phenoxy) is 2. The second-order valence-corrected chi connectivity index (χ2v) is 5.26. The van der Waals surface area contributed by atoms with Crippen molar-refractivity contribution in [1.82, 2.24) is 0 Å². The van der Waals surface area contributed by atoms with Crippen LogP contribution in [0.2, 0.25) is 0 Å². The Morgan fingerprint density at radius 3 is 1.35 bits per heavy atom. The van der Waals surface area contributed by atoms with E-state index in [0.29, 0.717) is 12.8 Å². The van der Waals surface area contributed by atoms with Crippen LogP contribution in [0.4, 0.5) is 8.78 Å². The monoisotopic (exact) mass is 292 g/mol. The maximum Gasteiger partial charge on any atom is 0.370 e. The highest BCUT2D eigenvalue weighted by Gasteiger charge is 2.24. The van der Waals surface area contributed by atoms with Crippen LogP contribution in [0, 0.1) is 11.8 Å². The smallest absolute Gasteiger partial charge is 0.370 e. The van der Waals surface area contributed by atoms with Crippen LogP contribution < -0.4 is 0 Å². The second-order valence-electron chi connectivity index (χ2n) is 5.26. The Kier molecular flexibility index (Phi) is 8.76. The maximum atomic E-state index is 13.3. The third-order valence-electron chi connectivity index (χ3n) is 2.41. The van der Waals surface area contributed by atoms with Crippen molar-refractivity contribution < 1.29 is 27.8 Å². The first-order valence-electron chi connectivity index (χ1n) is 6.65. The predicted octanol–water partition coefficient (Wildman–Crippen LogP) is 3.32. The first-order chi connectivity index (χ1) is 9.25. The molecule has 0 amide bonds. The van der Waals surface area contributed by atoms with E-state index in [1.54, 1.807) is 0 Å². The summed E-state index contributed by atoms with van der Waals surface area (Å²) in [4.78, 5) is 22.3. The van der Waals surface area contributed by atoms with Gasteiger partial charge in [0.05, 0.1) is 13.2 Å². The van der Waals surface area contributed by atoms with Crippen LogP contribution in [-0.2, 0) is 19.1 Å². The molecular formula is C14H22F2O4. The van der Waals surface area contributed by atoms with Crippen molar-refractivity contribution in [3.8, 4) is 0 Å². The highest BCUT2D eigenvalue weighted by atomic mass is 19.2. The molecule has 0 fully saturated rings. The fourth-order valence-electron chi connectivity index (χ4n) is 1.08. The van der Waals surface area contributed by atoms with E-state index in [0.717, 1.165) is 0 Å². The predicted molar refractivity (Wildman–Crippen MR) is 70.1 cm³/mol. The third kappa shape index (κ3) is 7.86. The van der Waals surface area contributed by atoms with Gasteiger partial charge in [0.1, 0.15) is 0 Å². The quantitative estimate of drug-likeness (QED) is 0.508. The Balaban J connectivity index is 4.33. The fraction of sp³-hybridized carbons (Fsp3) is 0.714. The fourth-order valence-corrected chi connectivity index (χ4v) is 1.08. The Morgan fingerprint density at radius 1 is 0.800 bits per heavy atom. The average Bonchev–Trinajstić information content (AvgIpc) is 2.35. The van der Waals surface area contributed by atoms with E-state index >= 15 is 0 Å². The normalized spacial score (nSPS) is 12.4. The molecule has 0 saturated carbocycles. The maximum absolute atomic E-state index is 13.3. The number of carbonyl (C=O) groups excluding carboxylic acids is 2. The zero-order valence-electron chi connectivity index (χ0n) is 12.4. The van der Waals surface area contributed by atoms with Gasteiger partial charge in [0.25, 0.3) is 11.7 Å². The Labute approximate surface area is 118 Å². The van der Waals surface area contributed by atoms with Gasteiger partial charge in [-0.05, 0) is 24.7 Å². The van der Waals surface area contributed by atoms with Gasteiger partial charge >= 0.3 is 11.9 Å². The lowest BCUT2D eigenvalue weighted by molar-refractivity contribution is -0.145. The van der Waals surface area contributed by atoms with Gasteiger partial charge in [-0.25, -0.2) is 9.59 Å². The highest BCUT2D eigenvalue weighted by molar-refractivity contribution is 5.97. The van der Waals surface area contributed by atoms with Gasteiger partial charge in [-0.2, -0.15) is 8.78 Å². The molecule has 20 heavy (non-hydrogen) atoms. The lowest BCUT2D eigenvalue weighted by Crippen LogP contribution is -2.14. The average molecular weight is 292 g/mol. The van der Waals surface area contributed by atoms with Gasteiger partial charge in [0, 0.05) is 0 Å². The van der Waals surface area contributed by atoms with Gasteiger partial charge in [-0.1, -0.05) is 27.7 Å². The van der Waals surface area contributed by atoms with Gasteiger partial charge in [0.15, 0.2) is 0 Å². The van der Waals surface area contributed by atoms with Gasteiger partial charge < -0.3 is 9.47 Å². The molecule has 0 aromatic carbocycles. The SMILES string of the molecule is CC(C)CCOC(=O)/C(F)=C(/F)C(=O)OCCC(C)C. The molecule has 0 aliphatic heterocycles. The Hall–Kier alpha value is -1.46. The standard InChI is InChI=1S/C14H22F2O4/c1-9(2)5-7-19-13(17)11(15)12(16)14(18)20-8-6-10(3)4/h9-10H,5-8H2,1-4H3/b12-11-. The summed E-state index contributed by atoms with van der Waals surface area (Å²) in [6.07, 6.45) is 1.05. The number of esters is 2. The number of hydrogen-bond acceptors (Lipinski definition) is 4. The molecule has 0 rings (SSSR count).